The number of hydrogen-bond donors (Lipinski definition) is 2. The summed E-state index contributed by atoms with van der Waals surface area (Å²) in [5, 5.41) is 0. The Hall–Kier alpha value is -0.660. The Morgan fingerprint density at radius 1 is 1.62 bits per heavy atom. The van der Waals surface area contributed by atoms with E-state index in [0.29, 0.717) is 0 Å². The second-order valence-electron chi connectivity index (χ2n) is 1.85. The molecule has 0 rings (SSSR count). The van der Waals surface area contributed by atoms with Gasteiger partial charge in [0.15, 0.2) is 0 Å². The third kappa shape index (κ3) is 3.53. The zero-order valence-electron chi connectivity index (χ0n) is 5.35. The molecule has 0 unspecified atom stereocenters. The fraction of sp³-hybridized carbons (Fsp3) is 0.667. The highest BCUT2D eigenvalue weighted by molar-refractivity contribution is 4.91. The van der Waals surface area contributed by atoms with Crippen LogP contribution in [0, 0.1) is 0 Å². The van der Waals surface area contributed by atoms with Crippen molar-refractivity contribution in [2.75, 3.05) is 0 Å². The van der Waals surface area contributed by atoms with Gasteiger partial charge in [0, 0.05) is 11.9 Å². The van der Waals surface area contributed by atoms with Gasteiger partial charge in [-0.25, -0.2) is 0 Å². The topological polar surface area (TPSA) is 52.0 Å². The molecular formula is C6H14N2. The van der Waals surface area contributed by atoms with E-state index in [1.807, 2.05) is 0 Å². The van der Waals surface area contributed by atoms with Crippen LogP contribution in [0.5, 0.6) is 0 Å². The summed E-state index contributed by atoms with van der Waals surface area (Å²) in [4.78, 5) is 0. The van der Waals surface area contributed by atoms with Crippen LogP contribution in [-0.2, 0) is 0 Å². The third-order valence-electron chi connectivity index (χ3n) is 1.03. The average Bonchev–Trinajstić information content (AvgIpc) is 1.83. The van der Waals surface area contributed by atoms with Crippen molar-refractivity contribution >= 4 is 0 Å². The first kappa shape index (κ1) is 7.34. The van der Waals surface area contributed by atoms with Gasteiger partial charge < -0.3 is 11.5 Å². The van der Waals surface area contributed by atoms with Crippen LogP contribution in [0.25, 0.3) is 0 Å². The van der Waals surface area contributed by atoms with Crippen molar-refractivity contribution < 1.29 is 0 Å². The zero-order valence-corrected chi connectivity index (χ0v) is 5.35. The van der Waals surface area contributed by atoms with Gasteiger partial charge in [-0.2, -0.15) is 0 Å². The molecule has 0 amide bonds. The van der Waals surface area contributed by atoms with E-state index < -0.39 is 0 Å². The van der Waals surface area contributed by atoms with E-state index in [-0.39, 0.29) is 0 Å². The van der Waals surface area contributed by atoms with Crippen molar-refractivity contribution in [1.29, 1.82) is 0 Å². The summed E-state index contributed by atoms with van der Waals surface area (Å²) in [7, 11) is 0. The maximum Gasteiger partial charge on any atom is 0.0238 e. The lowest BCUT2D eigenvalue weighted by Gasteiger charge is -1.94. The Kier molecular flexibility index (Phi) is 4.13. The van der Waals surface area contributed by atoms with E-state index in [0.717, 1.165) is 18.5 Å². The Labute approximate surface area is 50.6 Å². The van der Waals surface area contributed by atoms with Gasteiger partial charge in [-0.1, -0.05) is 13.3 Å². The average molecular weight is 114 g/mol. The molecule has 0 aromatic rings. The molecule has 0 bridgehead atoms. The number of rotatable bonds is 3. The van der Waals surface area contributed by atoms with Gasteiger partial charge in [0.25, 0.3) is 0 Å². The highest BCUT2D eigenvalue weighted by Crippen LogP contribution is 1.98. The quantitative estimate of drug-likeness (QED) is 0.573. The first-order chi connectivity index (χ1) is 3.81. The molecule has 0 saturated carbocycles. The minimum Gasteiger partial charge on any atom is -0.403 e. The van der Waals surface area contributed by atoms with E-state index in [1.54, 1.807) is 0 Å². The van der Waals surface area contributed by atoms with Crippen molar-refractivity contribution in [1.82, 2.24) is 0 Å². The van der Waals surface area contributed by atoms with Crippen LogP contribution in [0.3, 0.4) is 0 Å². The monoisotopic (exact) mass is 114 g/mol. The van der Waals surface area contributed by atoms with Crippen LogP contribution >= 0.6 is 0 Å². The fourth-order valence-corrected chi connectivity index (χ4v) is 0.464. The third-order valence-corrected chi connectivity index (χ3v) is 1.03. The first-order valence-corrected chi connectivity index (χ1v) is 2.97. The fourth-order valence-electron chi connectivity index (χ4n) is 0.464. The van der Waals surface area contributed by atoms with Crippen molar-refractivity contribution in [2.45, 2.75) is 26.2 Å². The lowest BCUT2D eigenvalue weighted by Crippen LogP contribution is -1.99. The Bertz CT molecular complexity index is 76.6. The van der Waals surface area contributed by atoms with Crippen LogP contribution in [0.4, 0.5) is 0 Å². The Morgan fingerprint density at radius 3 is 2.62 bits per heavy atom. The first-order valence-electron chi connectivity index (χ1n) is 2.97. The summed E-state index contributed by atoms with van der Waals surface area (Å²) < 4.78 is 0. The SMILES string of the molecule is CCCC/C(N)=C\N. The van der Waals surface area contributed by atoms with Crippen LogP contribution in [-0.4, -0.2) is 0 Å². The van der Waals surface area contributed by atoms with Gasteiger partial charge in [-0.15, -0.1) is 0 Å². The molecule has 0 aliphatic rings. The van der Waals surface area contributed by atoms with E-state index >= 15 is 0 Å². The lowest BCUT2D eigenvalue weighted by molar-refractivity contribution is 0.779. The number of allylic oxidation sites excluding steroid dienone is 1. The maximum atomic E-state index is 5.40. The predicted octanol–water partition coefficient (Wildman–Crippen LogP) is 0.935. The molecule has 8 heavy (non-hydrogen) atoms. The predicted molar refractivity (Wildman–Crippen MR) is 36.0 cm³/mol. The van der Waals surface area contributed by atoms with Crippen molar-refractivity contribution in [2.24, 2.45) is 11.5 Å². The molecule has 0 aromatic heterocycles. The van der Waals surface area contributed by atoms with Gasteiger partial charge in [0.1, 0.15) is 0 Å². The molecule has 0 fully saturated rings. The summed E-state index contributed by atoms with van der Waals surface area (Å²) in [6.07, 6.45) is 4.72. The number of unbranched alkanes of at least 4 members (excludes halogenated alkanes) is 1. The van der Waals surface area contributed by atoms with Crippen molar-refractivity contribution in [3.8, 4) is 0 Å². The van der Waals surface area contributed by atoms with Crippen LogP contribution in [0.2, 0.25) is 0 Å². The van der Waals surface area contributed by atoms with E-state index in [1.165, 1.54) is 12.6 Å². The second-order valence-corrected chi connectivity index (χ2v) is 1.85. The summed E-state index contributed by atoms with van der Waals surface area (Å²) in [5.41, 5.74) is 11.3. The molecule has 0 saturated heterocycles. The molecule has 0 radical (unpaired) electrons. The molecule has 0 heterocycles. The molecule has 0 aliphatic heterocycles. The minimum atomic E-state index is 0.798. The highest BCUT2D eigenvalue weighted by atomic mass is 14.6. The smallest absolute Gasteiger partial charge is 0.0238 e. The summed E-state index contributed by atoms with van der Waals surface area (Å²) in [5.74, 6) is 0. The molecule has 0 spiro atoms. The summed E-state index contributed by atoms with van der Waals surface area (Å²) in [6, 6.07) is 0. The molecule has 2 heteroatoms. The van der Waals surface area contributed by atoms with Gasteiger partial charge in [0.05, 0.1) is 0 Å². The largest absolute Gasteiger partial charge is 0.403 e. The molecule has 0 aromatic carbocycles. The number of nitrogens with two attached hydrogens (primary N) is 2. The van der Waals surface area contributed by atoms with E-state index in [4.69, 9.17) is 11.5 Å². The van der Waals surface area contributed by atoms with Crippen LogP contribution in [0.1, 0.15) is 26.2 Å². The number of hydrogen-bond acceptors (Lipinski definition) is 2. The van der Waals surface area contributed by atoms with Crippen molar-refractivity contribution in [3.63, 3.8) is 0 Å². The van der Waals surface area contributed by atoms with Gasteiger partial charge in [-0.3, -0.25) is 0 Å². The summed E-state index contributed by atoms with van der Waals surface area (Å²) in [6.45, 7) is 2.13. The zero-order chi connectivity index (χ0) is 6.41. The van der Waals surface area contributed by atoms with Gasteiger partial charge in [0.2, 0.25) is 0 Å². The van der Waals surface area contributed by atoms with Crippen LogP contribution in [0.15, 0.2) is 11.9 Å². The van der Waals surface area contributed by atoms with Crippen LogP contribution < -0.4 is 11.5 Å². The van der Waals surface area contributed by atoms with Gasteiger partial charge in [-0.05, 0) is 12.8 Å². The van der Waals surface area contributed by atoms with Crippen molar-refractivity contribution in [3.05, 3.63) is 11.9 Å². The molecule has 0 aliphatic carbocycles. The molecule has 48 valence electrons. The Morgan fingerprint density at radius 2 is 2.25 bits per heavy atom. The standard InChI is InChI=1S/C6H14N2/c1-2-3-4-6(8)5-7/h5H,2-4,7-8H2,1H3/b6-5+. The maximum absolute atomic E-state index is 5.40. The lowest BCUT2D eigenvalue weighted by atomic mass is 10.2. The molecular weight excluding hydrogens is 100 g/mol. The van der Waals surface area contributed by atoms with E-state index in [2.05, 4.69) is 6.92 Å². The second kappa shape index (κ2) is 4.50. The highest BCUT2D eigenvalue weighted by Gasteiger charge is 1.84. The normalized spacial score (nSPS) is 11.9. The summed E-state index contributed by atoms with van der Waals surface area (Å²) >= 11 is 0. The molecule has 2 nitrogen and oxygen atoms in total. The minimum absolute atomic E-state index is 0.798. The van der Waals surface area contributed by atoms with Gasteiger partial charge >= 0.3 is 0 Å². The molecule has 4 N–H and O–H groups in total. The Balaban J connectivity index is 3.12. The molecule has 0 atom stereocenters. The van der Waals surface area contributed by atoms with E-state index in [9.17, 15) is 0 Å².